The Kier molecular flexibility index (Phi) is 4.94. The lowest BCUT2D eigenvalue weighted by Crippen LogP contribution is -2.16. The van der Waals surface area contributed by atoms with Crippen molar-refractivity contribution in [2.45, 2.75) is 5.75 Å². The van der Waals surface area contributed by atoms with Gasteiger partial charge in [0.25, 0.3) is 0 Å². The first kappa shape index (κ1) is 18.9. The Balaban J connectivity index is 1.67. The summed E-state index contributed by atoms with van der Waals surface area (Å²) in [5.74, 6) is -0.695. The van der Waals surface area contributed by atoms with Crippen molar-refractivity contribution in [1.82, 2.24) is 9.38 Å². The molecule has 0 saturated heterocycles. The summed E-state index contributed by atoms with van der Waals surface area (Å²) in [6, 6.07) is 16.6. The highest BCUT2D eigenvalue weighted by Crippen LogP contribution is 2.31. The molecule has 2 heterocycles. The third kappa shape index (κ3) is 4.07. The number of pyridine rings is 1. The second kappa shape index (κ2) is 7.56. The number of imidazole rings is 1. The molecule has 0 saturated carbocycles. The van der Waals surface area contributed by atoms with Crippen molar-refractivity contribution in [3.05, 3.63) is 84.4 Å². The molecule has 0 aliphatic rings. The summed E-state index contributed by atoms with van der Waals surface area (Å²) in [5.41, 5.74) is 2.54. The molecule has 4 rings (SSSR count). The van der Waals surface area contributed by atoms with Crippen LogP contribution >= 0.6 is 0 Å². The van der Waals surface area contributed by atoms with Crippen LogP contribution in [0.15, 0.2) is 73.1 Å². The summed E-state index contributed by atoms with van der Waals surface area (Å²) in [7, 11) is -2.41. The molecule has 0 unspecified atom stereocenters. The van der Waals surface area contributed by atoms with Gasteiger partial charge in [0.1, 0.15) is 17.2 Å². The predicted molar refractivity (Wildman–Crippen MR) is 110 cm³/mol. The molecule has 2 aromatic carbocycles. The predicted octanol–water partition coefficient (Wildman–Crippen LogP) is 4.09. The topological polar surface area (TPSA) is 72.7 Å². The Morgan fingerprint density at radius 1 is 1.10 bits per heavy atom. The van der Waals surface area contributed by atoms with E-state index in [0.29, 0.717) is 11.4 Å². The SMILES string of the molecule is COc1ccc(-c2cn3ccccc3n2)cc1NS(=O)(=O)Cc1ccccc1F. The van der Waals surface area contributed by atoms with Crippen molar-refractivity contribution < 1.29 is 17.5 Å². The van der Waals surface area contributed by atoms with Crippen molar-refractivity contribution in [3.8, 4) is 17.0 Å². The highest BCUT2D eigenvalue weighted by molar-refractivity contribution is 7.91. The van der Waals surface area contributed by atoms with Gasteiger partial charge in [-0.05, 0) is 36.4 Å². The van der Waals surface area contributed by atoms with Gasteiger partial charge in [-0.3, -0.25) is 4.72 Å². The Bertz CT molecular complexity index is 1250. The smallest absolute Gasteiger partial charge is 0.237 e. The van der Waals surface area contributed by atoms with Crippen LogP contribution in [0.3, 0.4) is 0 Å². The number of rotatable bonds is 6. The van der Waals surface area contributed by atoms with E-state index in [1.54, 1.807) is 24.3 Å². The molecule has 0 aliphatic heterocycles. The number of hydrogen-bond acceptors (Lipinski definition) is 4. The van der Waals surface area contributed by atoms with Crippen molar-refractivity contribution in [1.29, 1.82) is 0 Å². The zero-order valence-electron chi connectivity index (χ0n) is 15.5. The first-order chi connectivity index (χ1) is 13.9. The molecule has 0 radical (unpaired) electrons. The quantitative estimate of drug-likeness (QED) is 0.519. The molecule has 4 aromatic rings. The van der Waals surface area contributed by atoms with Crippen LogP contribution in [0.25, 0.3) is 16.9 Å². The van der Waals surface area contributed by atoms with E-state index < -0.39 is 21.6 Å². The molecule has 0 fully saturated rings. The molecule has 0 atom stereocenters. The molecule has 1 N–H and O–H groups in total. The molecule has 8 heteroatoms. The van der Waals surface area contributed by atoms with Gasteiger partial charge in [-0.2, -0.15) is 0 Å². The van der Waals surface area contributed by atoms with Gasteiger partial charge in [0.15, 0.2) is 0 Å². The molecule has 29 heavy (non-hydrogen) atoms. The van der Waals surface area contributed by atoms with Crippen molar-refractivity contribution in [3.63, 3.8) is 0 Å². The van der Waals surface area contributed by atoms with Crippen LogP contribution in [0.1, 0.15) is 5.56 Å². The number of halogens is 1. The van der Waals surface area contributed by atoms with Crippen molar-refractivity contribution in [2.24, 2.45) is 0 Å². The van der Waals surface area contributed by atoms with Crippen LogP contribution in [0.4, 0.5) is 10.1 Å². The minimum absolute atomic E-state index is 0.0930. The van der Waals surface area contributed by atoms with Crippen LogP contribution in [-0.4, -0.2) is 24.9 Å². The van der Waals surface area contributed by atoms with Gasteiger partial charge in [-0.1, -0.05) is 24.3 Å². The number of aromatic nitrogens is 2. The maximum absolute atomic E-state index is 13.9. The summed E-state index contributed by atoms with van der Waals surface area (Å²) in [6.07, 6.45) is 3.74. The highest BCUT2D eigenvalue weighted by Gasteiger charge is 2.18. The van der Waals surface area contributed by atoms with Crippen LogP contribution in [-0.2, 0) is 15.8 Å². The Morgan fingerprint density at radius 3 is 2.66 bits per heavy atom. The Hall–Kier alpha value is -3.39. The highest BCUT2D eigenvalue weighted by atomic mass is 32.2. The Labute approximate surface area is 167 Å². The Morgan fingerprint density at radius 2 is 1.90 bits per heavy atom. The molecule has 2 aromatic heterocycles. The molecule has 6 nitrogen and oxygen atoms in total. The third-order valence-corrected chi connectivity index (χ3v) is 5.65. The van der Waals surface area contributed by atoms with E-state index in [4.69, 9.17) is 4.74 Å². The fourth-order valence-electron chi connectivity index (χ4n) is 3.04. The van der Waals surface area contributed by atoms with Crippen LogP contribution < -0.4 is 9.46 Å². The summed E-state index contributed by atoms with van der Waals surface area (Å²) < 4.78 is 48.8. The average molecular weight is 411 g/mol. The summed E-state index contributed by atoms with van der Waals surface area (Å²) in [4.78, 5) is 4.55. The zero-order chi connectivity index (χ0) is 20.4. The second-order valence-electron chi connectivity index (χ2n) is 6.46. The normalized spacial score (nSPS) is 11.5. The molecule has 148 valence electrons. The van der Waals surface area contributed by atoms with E-state index in [-0.39, 0.29) is 11.3 Å². The molecule has 0 spiro atoms. The van der Waals surface area contributed by atoms with Gasteiger partial charge in [0, 0.05) is 23.5 Å². The van der Waals surface area contributed by atoms with Gasteiger partial charge in [-0.25, -0.2) is 17.8 Å². The number of hydrogen-bond donors (Lipinski definition) is 1. The molecule has 0 aliphatic carbocycles. The van der Waals surface area contributed by atoms with E-state index in [1.165, 1.54) is 25.3 Å². The maximum atomic E-state index is 13.9. The number of ether oxygens (including phenoxy) is 1. The van der Waals surface area contributed by atoms with E-state index in [9.17, 15) is 12.8 Å². The number of anilines is 1. The van der Waals surface area contributed by atoms with Crippen molar-refractivity contribution >= 4 is 21.4 Å². The number of nitrogens with one attached hydrogen (secondary N) is 1. The van der Waals surface area contributed by atoms with Gasteiger partial charge in [0.05, 0.1) is 24.2 Å². The standard InChI is InChI=1S/C21H18FN3O3S/c1-28-20-10-9-15(19-13-25-11-5-4-8-21(25)23-19)12-18(20)24-29(26,27)14-16-6-2-3-7-17(16)22/h2-13,24H,14H2,1H3. The lowest BCUT2D eigenvalue weighted by molar-refractivity contribution is 0.417. The number of benzene rings is 2. The number of nitrogens with zero attached hydrogens (tertiary/aromatic N) is 2. The minimum Gasteiger partial charge on any atom is -0.495 e. The molecular formula is C21H18FN3O3S. The summed E-state index contributed by atoms with van der Waals surface area (Å²) in [5, 5.41) is 0. The van der Waals surface area contributed by atoms with Crippen LogP contribution in [0.5, 0.6) is 5.75 Å². The summed E-state index contributed by atoms with van der Waals surface area (Å²) >= 11 is 0. The third-order valence-electron chi connectivity index (χ3n) is 4.43. The van der Waals surface area contributed by atoms with E-state index in [1.807, 2.05) is 35.0 Å². The second-order valence-corrected chi connectivity index (χ2v) is 8.18. The number of methoxy groups -OCH3 is 1. The van der Waals surface area contributed by atoms with E-state index in [0.717, 1.165) is 11.2 Å². The van der Waals surface area contributed by atoms with Crippen molar-refractivity contribution in [2.75, 3.05) is 11.8 Å². The largest absolute Gasteiger partial charge is 0.495 e. The van der Waals surface area contributed by atoms with Gasteiger partial charge in [0.2, 0.25) is 10.0 Å². The molecular weight excluding hydrogens is 393 g/mol. The first-order valence-corrected chi connectivity index (χ1v) is 10.5. The lowest BCUT2D eigenvalue weighted by Gasteiger charge is -2.13. The fourth-order valence-corrected chi connectivity index (χ4v) is 4.25. The number of fused-ring (bicyclic) bond motifs is 1. The maximum Gasteiger partial charge on any atom is 0.237 e. The van der Waals surface area contributed by atoms with Gasteiger partial charge in [-0.15, -0.1) is 0 Å². The summed E-state index contributed by atoms with van der Waals surface area (Å²) in [6.45, 7) is 0. The van der Waals surface area contributed by atoms with Crippen LogP contribution in [0, 0.1) is 5.82 Å². The lowest BCUT2D eigenvalue weighted by atomic mass is 10.1. The minimum atomic E-state index is -3.86. The van der Waals surface area contributed by atoms with E-state index in [2.05, 4.69) is 9.71 Å². The van der Waals surface area contributed by atoms with Crippen LogP contribution in [0.2, 0.25) is 0 Å². The average Bonchev–Trinajstić information content (AvgIpc) is 3.13. The van der Waals surface area contributed by atoms with Gasteiger partial charge < -0.3 is 9.14 Å². The molecule has 0 bridgehead atoms. The number of sulfonamides is 1. The fraction of sp³-hybridized carbons (Fsp3) is 0.0952. The first-order valence-electron chi connectivity index (χ1n) is 8.81. The zero-order valence-corrected chi connectivity index (χ0v) is 16.4. The van der Waals surface area contributed by atoms with E-state index >= 15 is 0 Å². The molecule has 0 amide bonds. The monoisotopic (exact) mass is 411 g/mol. The van der Waals surface area contributed by atoms with Gasteiger partial charge >= 0.3 is 0 Å².